The molecule has 8 heteroatoms. The number of amides is 1. The third-order valence-corrected chi connectivity index (χ3v) is 5.52. The maximum atomic E-state index is 12.6. The first kappa shape index (κ1) is 15.9. The molecule has 0 radical (unpaired) electrons. The van der Waals surface area contributed by atoms with Crippen LogP contribution in [-0.4, -0.2) is 43.4 Å². The molecule has 2 fully saturated rings. The first-order chi connectivity index (χ1) is 10.8. The highest BCUT2D eigenvalue weighted by molar-refractivity contribution is 7.89. The molecule has 1 saturated heterocycles. The zero-order valence-corrected chi connectivity index (χ0v) is 13.2. The predicted octanol–water partition coefficient (Wildman–Crippen LogP) is 0.517. The predicted molar refractivity (Wildman–Crippen MR) is 81.1 cm³/mol. The Hall–Kier alpha value is -1.93. The van der Waals surface area contributed by atoms with E-state index in [-0.39, 0.29) is 28.8 Å². The van der Waals surface area contributed by atoms with Crippen LogP contribution in [0.3, 0.4) is 0 Å². The van der Waals surface area contributed by atoms with E-state index < -0.39 is 21.9 Å². The van der Waals surface area contributed by atoms with E-state index in [0.717, 1.165) is 12.8 Å². The number of likely N-dealkylation sites (tertiary alicyclic amines) is 1. The standard InChI is InChI=1S/C15H18N2O5S/c16-23(21,22)11-3-1-2-10(6-11)14(18)17-7-12(9-4-5-9)13(8-17)15(19)20/h1-3,6,9,12-13H,4-5,7-8H2,(H,19,20)(H2,16,21,22)/t12-,13+/m1/s1. The Labute approximate surface area is 134 Å². The van der Waals surface area contributed by atoms with Crippen LogP contribution in [-0.2, 0) is 14.8 Å². The number of primary sulfonamides is 1. The molecule has 1 saturated carbocycles. The summed E-state index contributed by atoms with van der Waals surface area (Å²) in [5.41, 5.74) is 0.206. The fraction of sp³-hybridized carbons (Fsp3) is 0.467. The molecule has 2 atom stereocenters. The van der Waals surface area contributed by atoms with Gasteiger partial charge in [0.15, 0.2) is 0 Å². The van der Waals surface area contributed by atoms with Crippen molar-refractivity contribution in [2.24, 2.45) is 22.9 Å². The fourth-order valence-corrected chi connectivity index (χ4v) is 3.81. The van der Waals surface area contributed by atoms with E-state index in [4.69, 9.17) is 5.14 Å². The normalized spacial score (nSPS) is 24.7. The van der Waals surface area contributed by atoms with Gasteiger partial charge in [0.25, 0.3) is 5.91 Å². The Morgan fingerprint density at radius 1 is 1.22 bits per heavy atom. The van der Waals surface area contributed by atoms with Gasteiger partial charge in [-0.1, -0.05) is 6.07 Å². The lowest BCUT2D eigenvalue weighted by Gasteiger charge is -2.16. The van der Waals surface area contributed by atoms with Crippen LogP contribution in [0.2, 0.25) is 0 Å². The van der Waals surface area contributed by atoms with E-state index in [9.17, 15) is 23.1 Å². The van der Waals surface area contributed by atoms with Crippen molar-refractivity contribution >= 4 is 21.9 Å². The molecule has 1 amide bonds. The number of carbonyl (C=O) groups excluding carboxylic acids is 1. The van der Waals surface area contributed by atoms with E-state index in [1.807, 2.05) is 0 Å². The highest BCUT2D eigenvalue weighted by Gasteiger charge is 2.46. The topological polar surface area (TPSA) is 118 Å². The number of nitrogens with zero attached hydrogens (tertiary/aromatic N) is 1. The van der Waals surface area contributed by atoms with Gasteiger partial charge in [0, 0.05) is 18.7 Å². The summed E-state index contributed by atoms with van der Waals surface area (Å²) in [4.78, 5) is 25.4. The number of aliphatic carboxylic acids is 1. The molecule has 3 rings (SSSR count). The zero-order chi connectivity index (χ0) is 16.8. The third-order valence-electron chi connectivity index (χ3n) is 4.61. The first-order valence-electron chi connectivity index (χ1n) is 7.42. The number of benzene rings is 1. The minimum Gasteiger partial charge on any atom is -0.481 e. The molecule has 7 nitrogen and oxygen atoms in total. The summed E-state index contributed by atoms with van der Waals surface area (Å²) in [6, 6.07) is 5.52. The van der Waals surface area contributed by atoms with Crippen LogP contribution in [0.25, 0.3) is 0 Å². The minimum absolute atomic E-state index is 0.0159. The van der Waals surface area contributed by atoms with Crippen LogP contribution in [0.5, 0.6) is 0 Å². The van der Waals surface area contributed by atoms with Crippen molar-refractivity contribution in [3.8, 4) is 0 Å². The summed E-state index contributed by atoms with van der Waals surface area (Å²) in [7, 11) is -3.89. The van der Waals surface area contributed by atoms with Crippen molar-refractivity contribution in [3.63, 3.8) is 0 Å². The van der Waals surface area contributed by atoms with Gasteiger partial charge in [-0.05, 0) is 42.9 Å². The average Bonchev–Trinajstić information content (AvgIpc) is 3.24. The maximum Gasteiger partial charge on any atom is 0.308 e. The molecule has 0 bridgehead atoms. The van der Waals surface area contributed by atoms with E-state index in [2.05, 4.69) is 0 Å². The van der Waals surface area contributed by atoms with Crippen molar-refractivity contribution < 1.29 is 23.1 Å². The number of carboxylic acid groups (broad SMARTS) is 1. The molecule has 3 N–H and O–H groups in total. The molecule has 0 unspecified atom stereocenters. The first-order valence-corrected chi connectivity index (χ1v) is 8.97. The van der Waals surface area contributed by atoms with Crippen LogP contribution in [0, 0.1) is 17.8 Å². The van der Waals surface area contributed by atoms with Crippen LogP contribution in [0.15, 0.2) is 29.2 Å². The Morgan fingerprint density at radius 2 is 1.91 bits per heavy atom. The second kappa shape index (κ2) is 5.61. The monoisotopic (exact) mass is 338 g/mol. The van der Waals surface area contributed by atoms with E-state index in [1.165, 1.54) is 29.2 Å². The minimum atomic E-state index is -3.89. The Balaban J connectivity index is 1.82. The van der Waals surface area contributed by atoms with Gasteiger partial charge in [-0.15, -0.1) is 0 Å². The Morgan fingerprint density at radius 3 is 2.48 bits per heavy atom. The smallest absolute Gasteiger partial charge is 0.308 e. The molecule has 124 valence electrons. The summed E-state index contributed by atoms with van der Waals surface area (Å²) in [5.74, 6) is -1.42. The number of hydrogen-bond donors (Lipinski definition) is 2. The number of hydrogen-bond acceptors (Lipinski definition) is 4. The molecule has 1 heterocycles. The van der Waals surface area contributed by atoms with Gasteiger partial charge >= 0.3 is 5.97 Å². The van der Waals surface area contributed by atoms with E-state index in [0.29, 0.717) is 12.5 Å². The zero-order valence-electron chi connectivity index (χ0n) is 12.4. The lowest BCUT2D eigenvalue weighted by Crippen LogP contribution is -2.30. The van der Waals surface area contributed by atoms with Gasteiger partial charge in [-0.25, -0.2) is 13.6 Å². The fourth-order valence-electron chi connectivity index (χ4n) is 3.25. The molecule has 23 heavy (non-hydrogen) atoms. The van der Waals surface area contributed by atoms with Crippen molar-refractivity contribution in [1.29, 1.82) is 0 Å². The Bertz CT molecular complexity index is 757. The molecule has 0 aromatic heterocycles. The number of nitrogens with two attached hydrogens (primary N) is 1. The van der Waals surface area contributed by atoms with Crippen molar-refractivity contribution in [2.75, 3.05) is 13.1 Å². The summed E-state index contributed by atoms with van der Waals surface area (Å²) in [5, 5.41) is 14.4. The molecule has 1 aliphatic carbocycles. The molecule has 1 aromatic rings. The second-order valence-electron chi connectivity index (χ2n) is 6.23. The van der Waals surface area contributed by atoms with Gasteiger partial charge in [0.05, 0.1) is 10.8 Å². The second-order valence-corrected chi connectivity index (χ2v) is 7.79. The van der Waals surface area contributed by atoms with E-state index >= 15 is 0 Å². The lowest BCUT2D eigenvalue weighted by molar-refractivity contribution is -0.142. The molecular formula is C15H18N2O5S. The molecule has 0 spiro atoms. The summed E-state index contributed by atoms with van der Waals surface area (Å²) < 4.78 is 22.8. The van der Waals surface area contributed by atoms with E-state index in [1.54, 1.807) is 0 Å². The molecular weight excluding hydrogens is 320 g/mol. The third kappa shape index (κ3) is 3.23. The Kier molecular flexibility index (Phi) is 3.89. The SMILES string of the molecule is NS(=O)(=O)c1cccc(C(=O)N2C[C@H](C(=O)O)[C@@H](C3CC3)C2)c1. The van der Waals surface area contributed by atoms with Crippen molar-refractivity contribution in [1.82, 2.24) is 4.90 Å². The summed E-state index contributed by atoms with van der Waals surface area (Å²) in [6.07, 6.45) is 2.02. The van der Waals surface area contributed by atoms with Gasteiger partial charge in [-0.2, -0.15) is 0 Å². The van der Waals surface area contributed by atoms with Gasteiger partial charge < -0.3 is 10.0 Å². The summed E-state index contributed by atoms with van der Waals surface area (Å²) >= 11 is 0. The highest BCUT2D eigenvalue weighted by atomic mass is 32.2. The van der Waals surface area contributed by atoms with Crippen molar-refractivity contribution in [3.05, 3.63) is 29.8 Å². The van der Waals surface area contributed by atoms with Crippen molar-refractivity contribution in [2.45, 2.75) is 17.7 Å². The van der Waals surface area contributed by atoms with Crippen LogP contribution < -0.4 is 5.14 Å². The summed E-state index contributed by atoms with van der Waals surface area (Å²) in [6.45, 7) is 0.564. The molecule has 2 aliphatic rings. The number of sulfonamides is 1. The van der Waals surface area contributed by atoms with Crippen LogP contribution in [0.4, 0.5) is 0 Å². The quantitative estimate of drug-likeness (QED) is 0.829. The molecule has 1 aromatic carbocycles. The number of carboxylic acids is 1. The number of rotatable bonds is 4. The maximum absolute atomic E-state index is 12.6. The average molecular weight is 338 g/mol. The largest absolute Gasteiger partial charge is 0.481 e. The van der Waals surface area contributed by atoms with Crippen LogP contribution in [0.1, 0.15) is 23.2 Å². The van der Waals surface area contributed by atoms with Gasteiger partial charge in [-0.3, -0.25) is 9.59 Å². The molecule has 1 aliphatic heterocycles. The highest BCUT2D eigenvalue weighted by Crippen LogP contribution is 2.44. The van der Waals surface area contributed by atoms with Gasteiger partial charge in [0.2, 0.25) is 10.0 Å². The van der Waals surface area contributed by atoms with Gasteiger partial charge in [0.1, 0.15) is 0 Å². The lowest BCUT2D eigenvalue weighted by atomic mass is 9.92. The van der Waals surface area contributed by atoms with Crippen LogP contribution >= 0.6 is 0 Å². The number of carbonyl (C=O) groups is 2.